The Morgan fingerprint density at radius 2 is 1.10 bits per heavy atom. The molecule has 0 aliphatic carbocycles. The summed E-state index contributed by atoms with van der Waals surface area (Å²) in [6.45, 7) is 13.8. The molecular weight excluding hydrogens is 604 g/mol. The van der Waals surface area contributed by atoms with Crippen LogP contribution in [0.1, 0.15) is 67.7 Å². The largest absolute Gasteiger partial charge is 0.468 e. The van der Waals surface area contributed by atoms with Gasteiger partial charge in [0, 0.05) is 24.2 Å². The fourth-order valence-electron chi connectivity index (χ4n) is 8.09. The summed E-state index contributed by atoms with van der Waals surface area (Å²) in [6, 6.07) is 32.5. The van der Waals surface area contributed by atoms with Crippen LogP contribution in [0.15, 0.2) is 116 Å². The highest BCUT2D eigenvalue weighted by Crippen LogP contribution is 2.39. The van der Waals surface area contributed by atoms with Gasteiger partial charge in [0.2, 0.25) is 11.8 Å². The summed E-state index contributed by atoms with van der Waals surface area (Å²) in [7, 11) is 0. The molecule has 2 fully saturated rings. The molecule has 6 heteroatoms. The Hall–Kier alpha value is -4.52. The topological polar surface area (TPSA) is 50.7 Å². The molecule has 5 aromatic rings. The van der Waals surface area contributed by atoms with Gasteiger partial charge in [-0.2, -0.15) is 9.97 Å². The fourth-order valence-corrected chi connectivity index (χ4v) is 8.09. The van der Waals surface area contributed by atoms with Crippen molar-refractivity contribution in [3.8, 4) is 11.8 Å². The van der Waals surface area contributed by atoms with E-state index in [-0.39, 0.29) is 24.3 Å². The molecule has 0 unspecified atom stereocenters. The molecule has 4 aromatic carbocycles. The van der Waals surface area contributed by atoms with E-state index < -0.39 is 0 Å². The molecule has 7 rings (SSSR count). The molecule has 4 atom stereocenters. The lowest BCUT2D eigenvalue weighted by molar-refractivity contribution is 0.0400. The number of rotatable bonds is 12. The zero-order chi connectivity index (χ0) is 33.6. The lowest BCUT2D eigenvalue weighted by atomic mass is 9.90. The molecule has 0 amide bonds. The zero-order valence-electron chi connectivity index (χ0n) is 28.7. The van der Waals surface area contributed by atoms with Crippen molar-refractivity contribution in [1.82, 2.24) is 19.8 Å². The minimum atomic E-state index is -0.233. The van der Waals surface area contributed by atoms with E-state index in [1.54, 1.807) is 0 Å². The van der Waals surface area contributed by atoms with Crippen LogP contribution in [0.25, 0.3) is 21.5 Å². The summed E-state index contributed by atoms with van der Waals surface area (Å²) in [4.78, 5) is 14.7. The molecule has 252 valence electrons. The third kappa shape index (κ3) is 7.26. The van der Waals surface area contributed by atoms with Gasteiger partial charge in [0.05, 0.1) is 18.2 Å². The lowest BCUT2D eigenvalue weighted by Crippen LogP contribution is -2.45. The van der Waals surface area contributed by atoms with E-state index in [4.69, 9.17) is 19.4 Å². The van der Waals surface area contributed by atoms with Gasteiger partial charge in [-0.1, -0.05) is 110 Å². The summed E-state index contributed by atoms with van der Waals surface area (Å²) >= 11 is 0. The molecule has 3 heterocycles. The molecule has 0 bridgehead atoms. The van der Waals surface area contributed by atoms with Gasteiger partial charge in [0.25, 0.3) is 0 Å². The zero-order valence-corrected chi connectivity index (χ0v) is 28.7. The Morgan fingerprint density at radius 3 is 1.57 bits per heavy atom. The maximum Gasteiger partial charge on any atom is 0.221 e. The number of ether oxygens (including phenoxy) is 2. The SMILES string of the molecule is C=CCN1CCCC[C@H]1[C@H](Oc1cc(O[C@H](c2cccc3ccccc23)[C@@H]2CCCCN2CC=C)nc(C)n1)c1cccc2ccccc12. The standard InChI is InChI=1S/C43H48N4O2/c1-4-26-46-28-12-10-24-38(46)42(36-22-14-18-32-16-6-8-20-34(32)36)48-40-30-41(45-31(3)44-40)49-43(39-25-11-13-29-47(39)27-5-2)37-23-15-19-33-17-7-9-21-35(33)37/h4-9,14-23,30,38-39,42-43H,1-2,10-13,24-29H2,3H3/t38-,39-,42+,43+/m0/s1. The summed E-state index contributed by atoms with van der Waals surface area (Å²) in [5.41, 5.74) is 2.35. The predicted molar refractivity (Wildman–Crippen MR) is 200 cm³/mol. The van der Waals surface area contributed by atoms with Crippen molar-refractivity contribution >= 4 is 21.5 Å². The number of nitrogens with zero attached hydrogens (tertiary/aromatic N) is 4. The fraction of sp³-hybridized carbons (Fsp3) is 0.349. The second kappa shape index (κ2) is 15.4. The molecule has 2 saturated heterocycles. The maximum absolute atomic E-state index is 7.08. The molecule has 6 nitrogen and oxygen atoms in total. The average Bonchev–Trinajstić information content (AvgIpc) is 3.13. The Balaban J connectivity index is 1.28. The number of hydrogen-bond acceptors (Lipinski definition) is 6. The van der Waals surface area contributed by atoms with Crippen molar-refractivity contribution in [1.29, 1.82) is 0 Å². The minimum absolute atomic E-state index is 0.176. The van der Waals surface area contributed by atoms with Gasteiger partial charge in [0.1, 0.15) is 18.0 Å². The molecule has 0 spiro atoms. The second-order valence-corrected chi connectivity index (χ2v) is 13.5. The Bertz CT molecular complexity index is 1760. The maximum atomic E-state index is 7.08. The highest BCUT2D eigenvalue weighted by atomic mass is 16.5. The van der Waals surface area contributed by atoms with Gasteiger partial charge in [0.15, 0.2) is 0 Å². The summed E-state index contributed by atoms with van der Waals surface area (Å²) in [5, 5.41) is 4.82. The summed E-state index contributed by atoms with van der Waals surface area (Å²) in [5.74, 6) is 1.69. The van der Waals surface area contributed by atoms with E-state index >= 15 is 0 Å². The van der Waals surface area contributed by atoms with Crippen LogP contribution in [0.3, 0.4) is 0 Å². The molecular formula is C43H48N4O2. The van der Waals surface area contributed by atoms with Crippen molar-refractivity contribution in [3.05, 3.63) is 133 Å². The van der Waals surface area contributed by atoms with Gasteiger partial charge in [-0.05, 0) is 67.2 Å². The van der Waals surface area contributed by atoms with E-state index in [0.29, 0.717) is 17.6 Å². The Labute approximate surface area is 291 Å². The minimum Gasteiger partial charge on any atom is -0.468 e. The first-order chi connectivity index (χ1) is 24.1. The predicted octanol–water partition coefficient (Wildman–Crippen LogP) is 9.41. The number of aromatic nitrogens is 2. The molecule has 0 saturated carbocycles. The highest BCUT2D eigenvalue weighted by molar-refractivity contribution is 5.87. The van der Waals surface area contributed by atoms with E-state index in [9.17, 15) is 0 Å². The smallest absolute Gasteiger partial charge is 0.221 e. The monoisotopic (exact) mass is 652 g/mol. The van der Waals surface area contributed by atoms with Crippen LogP contribution < -0.4 is 9.47 Å². The number of benzene rings is 4. The van der Waals surface area contributed by atoms with E-state index in [1.165, 1.54) is 45.5 Å². The number of aryl methyl sites for hydroxylation is 1. The number of hydrogen-bond donors (Lipinski definition) is 0. The van der Waals surface area contributed by atoms with Crippen molar-refractivity contribution in [2.45, 2.75) is 69.7 Å². The molecule has 2 aliphatic heterocycles. The number of fused-ring (bicyclic) bond motifs is 2. The quantitative estimate of drug-likeness (QED) is 0.125. The molecule has 1 aromatic heterocycles. The Morgan fingerprint density at radius 1 is 0.653 bits per heavy atom. The highest BCUT2D eigenvalue weighted by Gasteiger charge is 2.35. The van der Waals surface area contributed by atoms with Gasteiger partial charge < -0.3 is 9.47 Å². The van der Waals surface area contributed by atoms with Crippen molar-refractivity contribution in [3.63, 3.8) is 0 Å². The summed E-state index contributed by atoms with van der Waals surface area (Å²) < 4.78 is 14.2. The van der Waals surface area contributed by atoms with E-state index in [1.807, 2.05) is 25.1 Å². The second-order valence-electron chi connectivity index (χ2n) is 13.5. The van der Waals surface area contributed by atoms with E-state index in [0.717, 1.165) is 51.9 Å². The molecule has 2 aliphatic rings. The lowest BCUT2D eigenvalue weighted by Gasteiger charge is -2.40. The first-order valence-corrected chi connectivity index (χ1v) is 18.0. The average molecular weight is 653 g/mol. The van der Waals surface area contributed by atoms with Gasteiger partial charge in [-0.3, -0.25) is 9.80 Å². The number of piperidine rings is 2. The third-order valence-corrected chi connectivity index (χ3v) is 10.3. The van der Waals surface area contributed by atoms with Gasteiger partial charge >= 0.3 is 0 Å². The van der Waals surface area contributed by atoms with Crippen LogP contribution >= 0.6 is 0 Å². The van der Waals surface area contributed by atoms with Gasteiger partial charge in [-0.25, -0.2) is 0 Å². The van der Waals surface area contributed by atoms with Crippen molar-refractivity contribution in [2.75, 3.05) is 26.2 Å². The van der Waals surface area contributed by atoms with E-state index in [2.05, 4.69) is 108 Å². The Kier molecular flexibility index (Phi) is 10.3. The van der Waals surface area contributed by atoms with Crippen molar-refractivity contribution in [2.24, 2.45) is 0 Å². The third-order valence-electron chi connectivity index (χ3n) is 10.3. The normalized spacial score (nSPS) is 20.1. The first kappa shape index (κ1) is 33.0. The van der Waals surface area contributed by atoms with Crippen molar-refractivity contribution < 1.29 is 9.47 Å². The van der Waals surface area contributed by atoms with Crippen LogP contribution in [0.2, 0.25) is 0 Å². The van der Waals surface area contributed by atoms with Crippen LogP contribution in [-0.4, -0.2) is 58.0 Å². The van der Waals surface area contributed by atoms with Crippen LogP contribution in [0, 0.1) is 6.92 Å². The molecule has 0 radical (unpaired) electrons. The van der Waals surface area contributed by atoms with Gasteiger partial charge in [-0.15, -0.1) is 13.2 Å². The van der Waals surface area contributed by atoms with Crippen LogP contribution in [0.4, 0.5) is 0 Å². The first-order valence-electron chi connectivity index (χ1n) is 18.0. The van der Waals surface area contributed by atoms with Crippen LogP contribution in [-0.2, 0) is 0 Å². The number of likely N-dealkylation sites (tertiary alicyclic amines) is 2. The summed E-state index contributed by atoms with van der Waals surface area (Å²) in [6.07, 6.45) is 10.3. The molecule has 49 heavy (non-hydrogen) atoms. The molecule has 0 N–H and O–H groups in total. The van der Waals surface area contributed by atoms with Crippen LogP contribution in [0.5, 0.6) is 11.8 Å².